The number of aliphatic hydroxyl groups is 2. The molecule has 10 nitrogen and oxygen atoms in total. The van der Waals surface area contributed by atoms with E-state index < -0.39 is 82.3 Å². The zero-order valence-electron chi connectivity index (χ0n) is 24.2. The predicted molar refractivity (Wildman–Crippen MR) is 143 cm³/mol. The average molecular weight is 571 g/mol. The molecule has 1 aromatic rings. The molecule has 9 atom stereocenters. The lowest BCUT2D eigenvalue weighted by Gasteiger charge is -2.65. The summed E-state index contributed by atoms with van der Waals surface area (Å²) in [5.41, 5.74) is -3.37. The van der Waals surface area contributed by atoms with Gasteiger partial charge in [-0.05, 0) is 36.5 Å². The van der Waals surface area contributed by atoms with E-state index in [1.54, 1.807) is 44.2 Å². The van der Waals surface area contributed by atoms with E-state index in [0.29, 0.717) is 5.57 Å². The largest absolute Gasteiger partial charge is 0.458 e. The summed E-state index contributed by atoms with van der Waals surface area (Å²) in [5.74, 6) is -5.20. The highest BCUT2D eigenvalue weighted by atomic mass is 16.6. The zero-order valence-corrected chi connectivity index (χ0v) is 24.2. The number of esters is 3. The van der Waals surface area contributed by atoms with Crippen LogP contribution in [0.25, 0.3) is 0 Å². The van der Waals surface area contributed by atoms with Gasteiger partial charge < -0.3 is 29.2 Å². The number of aliphatic hydroxyl groups excluding tert-OH is 2. The van der Waals surface area contributed by atoms with E-state index in [1.807, 2.05) is 13.8 Å². The van der Waals surface area contributed by atoms with Gasteiger partial charge in [-0.3, -0.25) is 14.4 Å². The molecule has 1 saturated heterocycles. The van der Waals surface area contributed by atoms with Gasteiger partial charge in [-0.25, -0.2) is 4.79 Å². The molecule has 2 saturated carbocycles. The van der Waals surface area contributed by atoms with Gasteiger partial charge in [0, 0.05) is 32.1 Å². The predicted octanol–water partition coefficient (Wildman–Crippen LogP) is 2.74. The molecule has 0 aromatic heterocycles. The Morgan fingerprint density at radius 3 is 2.22 bits per heavy atom. The van der Waals surface area contributed by atoms with E-state index in [9.17, 15) is 29.4 Å². The van der Waals surface area contributed by atoms with Gasteiger partial charge in [0.2, 0.25) is 5.78 Å². The highest BCUT2D eigenvalue weighted by Gasteiger charge is 2.75. The first-order chi connectivity index (χ1) is 19.2. The molecule has 3 fully saturated rings. The lowest BCUT2D eigenvalue weighted by molar-refractivity contribution is -0.334. The van der Waals surface area contributed by atoms with Gasteiger partial charge in [-0.2, -0.15) is 0 Å². The first-order valence-electron chi connectivity index (χ1n) is 14.1. The van der Waals surface area contributed by atoms with Gasteiger partial charge >= 0.3 is 17.9 Å². The van der Waals surface area contributed by atoms with Crippen molar-refractivity contribution in [1.82, 2.24) is 0 Å². The topological polar surface area (TPSA) is 146 Å². The number of carbonyl (C=O) groups is 4. The molecule has 0 amide bonds. The van der Waals surface area contributed by atoms with Crippen molar-refractivity contribution in [2.24, 2.45) is 28.6 Å². The van der Waals surface area contributed by atoms with Crippen LogP contribution in [0.4, 0.5) is 0 Å². The quantitative estimate of drug-likeness (QED) is 0.409. The number of benzene rings is 1. The van der Waals surface area contributed by atoms with Gasteiger partial charge in [0.05, 0.1) is 35.7 Å². The Morgan fingerprint density at radius 1 is 1.00 bits per heavy atom. The Morgan fingerprint density at radius 2 is 1.66 bits per heavy atom. The molecule has 2 N–H and O–H groups in total. The molecule has 3 aliphatic carbocycles. The summed E-state index contributed by atoms with van der Waals surface area (Å²) in [5, 5.41) is 23.0. The van der Waals surface area contributed by atoms with Crippen molar-refractivity contribution in [3.63, 3.8) is 0 Å². The second kappa shape index (κ2) is 10.0. The third-order valence-electron chi connectivity index (χ3n) is 10.0. The van der Waals surface area contributed by atoms with Crippen LogP contribution in [-0.4, -0.2) is 70.5 Å². The maximum absolute atomic E-state index is 14.7. The fourth-order valence-electron chi connectivity index (χ4n) is 7.97. The van der Waals surface area contributed by atoms with Crippen LogP contribution in [0.5, 0.6) is 0 Å². The number of hydrogen-bond donors (Lipinski definition) is 2. The Labute approximate surface area is 239 Å². The highest BCUT2D eigenvalue weighted by Crippen LogP contribution is 2.63. The van der Waals surface area contributed by atoms with Crippen molar-refractivity contribution in [1.29, 1.82) is 0 Å². The van der Waals surface area contributed by atoms with Gasteiger partial charge in [-0.15, -0.1) is 0 Å². The van der Waals surface area contributed by atoms with Crippen LogP contribution in [0.15, 0.2) is 41.7 Å². The molecule has 5 rings (SSSR count). The molecule has 0 radical (unpaired) electrons. The van der Waals surface area contributed by atoms with Crippen molar-refractivity contribution < 1.29 is 48.3 Å². The van der Waals surface area contributed by atoms with E-state index in [1.165, 1.54) is 13.8 Å². The molecule has 41 heavy (non-hydrogen) atoms. The van der Waals surface area contributed by atoms with Crippen molar-refractivity contribution in [2.75, 3.05) is 6.61 Å². The number of Topliss-reactive ketones (excluding diaryl/α,β-unsaturated/α-hetero) is 1. The molecular formula is C31H38O10. The summed E-state index contributed by atoms with van der Waals surface area (Å²) in [6, 6.07) is 8.38. The SMILES string of the molecule is CC(=O)OC1=C2C(C)C(O)CC([C@@H](OC(=O)c3ccccc3)[C@@H]3[C@]4(OC(C)=O)CO[C@@H]4C[C@H](O)[C@@]3(C)C1=O)C2(C)C. The second-order valence-corrected chi connectivity index (χ2v) is 12.7. The number of allylic oxidation sites excluding steroid dienone is 1. The van der Waals surface area contributed by atoms with E-state index in [0.717, 1.165) is 0 Å². The van der Waals surface area contributed by atoms with Crippen LogP contribution < -0.4 is 0 Å². The summed E-state index contributed by atoms with van der Waals surface area (Å²) in [6.45, 7) is 9.39. The maximum atomic E-state index is 14.7. The van der Waals surface area contributed by atoms with Crippen molar-refractivity contribution in [3.8, 4) is 0 Å². The minimum Gasteiger partial charge on any atom is -0.458 e. The molecule has 2 bridgehead atoms. The lowest BCUT2D eigenvalue weighted by atomic mass is 9.46. The standard InChI is InChI=1S/C31H38O10/c1-15-20(34)12-19-24(40-28(37)18-10-8-7-9-11-18)26-30(6,21(35)13-22-31(26,14-38-22)41-17(3)33)27(36)25(39-16(2)32)23(15)29(19,4)5/h7-11,15,19-22,24,26,34-35H,12-14H2,1-6H3/t15?,19?,20?,21-,22+,24+,26-,30+,31-/m0/s1. The summed E-state index contributed by atoms with van der Waals surface area (Å²) in [6.07, 6.45) is -4.00. The van der Waals surface area contributed by atoms with Gasteiger partial charge in [-0.1, -0.05) is 39.0 Å². The molecule has 0 spiro atoms. The normalized spacial score (nSPS) is 39.2. The first kappa shape index (κ1) is 29.4. The third-order valence-corrected chi connectivity index (χ3v) is 10.0. The molecule has 1 heterocycles. The Hall–Kier alpha value is -3.08. The molecular weight excluding hydrogens is 532 g/mol. The molecule has 10 heteroatoms. The van der Waals surface area contributed by atoms with Crippen LogP contribution in [-0.2, 0) is 33.3 Å². The fraction of sp³-hybridized carbons (Fsp3) is 0.613. The van der Waals surface area contributed by atoms with Gasteiger partial charge in [0.1, 0.15) is 12.2 Å². The van der Waals surface area contributed by atoms with E-state index in [2.05, 4.69) is 0 Å². The fourth-order valence-corrected chi connectivity index (χ4v) is 7.97. The van der Waals surface area contributed by atoms with Gasteiger partial charge in [0.15, 0.2) is 11.4 Å². The summed E-state index contributed by atoms with van der Waals surface area (Å²) >= 11 is 0. The van der Waals surface area contributed by atoms with Crippen LogP contribution in [0.2, 0.25) is 0 Å². The summed E-state index contributed by atoms with van der Waals surface area (Å²) in [7, 11) is 0. The maximum Gasteiger partial charge on any atom is 0.338 e. The van der Waals surface area contributed by atoms with Crippen molar-refractivity contribution in [2.45, 2.75) is 84.4 Å². The molecule has 1 aliphatic heterocycles. The van der Waals surface area contributed by atoms with E-state index in [4.69, 9.17) is 18.9 Å². The number of hydrogen-bond acceptors (Lipinski definition) is 10. The minimum atomic E-state index is -1.72. The number of carbonyl (C=O) groups excluding carboxylic acids is 4. The Bertz CT molecular complexity index is 1300. The van der Waals surface area contributed by atoms with Crippen LogP contribution >= 0.6 is 0 Å². The number of ether oxygens (including phenoxy) is 4. The number of fused-ring (bicyclic) bond motifs is 5. The van der Waals surface area contributed by atoms with Crippen LogP contribution in [0.3, 0.4) is 0 Å². The summed E-state index contributed by atoms with van der Waals surface area (Å²) in [4.78, 5) is 53.3. The van der Waals surface area contributed by atoms with E-state index in [-0.39, 0.29) is 30.8 Å². The number of ketones is 1. The highest BCUT2D eigenvalue weighted by molar-refractivity contribution is 6.02. The molecule has 4 aliphatic rings. The van der Waals surface area contributed by atoms with Crippen molar-refractivity contribution in [3.05, 3.63) is 47.2 Å². The minimum absolute atomic E-state index is 0.0275. The average Bonchev–Trinajstić information content (AvgIpc) is 2.89. The van der Waals surface area contributed by atoms with Gasteiger partial charge in [0.25, 0.3) is 0 Å². The zero-order chi connectivity index (χ0) is 30.1. The van der Waals surface area contributed by atoms with Crippen LogP contribution in [0, 0.1) is 28.6 Å². The monoisotopic (exact) mass is 570 g/mol. The first-order valence-corrected chi connectivity index (χ1v) is 14.1. The molecule has 1 aromatic carbocycles. The van der Waals surface area contributed by atoms with Crippen LogP contribution in [0.1, 0.15) is 64.7 Å². The summed E-state index contributed by atoms with van der Waals surface area (Å²) < 4.78 is 23.8. The van der Waals surface area contributed by atoms with E-state index >= 15 is 0 Å². The Kier molecular flexibility index (Phi) is 7.19. The second-order valence-electron chi connectivity index (χ2n) is 12.7. The molecule has 222 valence electrons. The molecule has 3 unspecified atom stereocenters. The Balaban J connectivity index is 1.81. The smallest absolute Gasteiger partial charge is 0.338 e. The number of rotatable bonds is 4. The van der Waals surface area contributed by atoms with Crippen molar-refractivity contribution >= 4 is 23.7 Å². The third kappa shape index (κ3) is 4.33. The lowest BCUT2D eigenvalue weighted by Crippen LogP contribution is -2.78.